The van der Waals surface area contributed by atoms with Gasteiger partial charge in [0.25, 0.3) is 0 Å². The van der Waals surface area contributed by atoms with E-state index in [2.05, 4.69) is 15.8 Å². The third-order valence-electron chi connectivity index (χ3n) is 4.40. The molecular weight excluding hydrogens is 378 g/mol. The maximum Gasteiger partial charge on any atom is 0.329 e. The van der Waals surface area contributed by atoms with Crippen LogP contribution in [0.2, 0.25) is 0 Å². The van der Waals surface area contributed by atoms with Gasteiger partial charge in [0.2, 0.25) is 0 Å². The van der Waals surface area contributed by atoms with Gasteiger partial charge in [-0.3, -0.25) is 9.59 Å². The van der Waals surface area contributed by atoms with E-state index < -0.39 is 11.8 Å². The van der Waals surface area contributed by atoms with Crippen molar-refractivity contribution in [2.24, 2.45) is 5.10 Å². The standard InChI is InChI=1S/C24H25N3O3/c1-17(2)30-22-13-12-19-10-6-7-11-20(19)21(22)16-26-27-24(29)23(28)25-15-14-18-8-4-3-5-9-18/h3-13,16-17H,14-15H2,1-2H3,(H,25,28)(H,27,29)/b26-16-. The number of hydrazone groups is 1. The fourth-order valence-electron chi connectivity index (χ4n) is 3.02. The number of hydrogen-bond donors (Lipinski definition) is 2. The first-order valence-corrected chi connectivity index (χ1v) is 9.88. The summed E-state index contributed by atoms with van der Waals surface area (Å²) in [6.07, 6.45) is 2.15. The van der Waals surface area contributed by atoms with E-state index in [4.69, 9.17) is 4.74 Å². The zero-order valence-corrected chi connectivity index (χ0v) is 17.1. The predicted octanol–water partition coefficient (Wildman–Crippen LogP) is 3.44. The molecule has 6 nitrogen and oxygen atoms in total. The minimum Gasteiger partial charge on any atom is -0.490 e. The van der Waals surface area contributed by atoms with Crippen molar-refractivity contribution < 1.29 is 14.3 Å². The van der Waals surface area contributed by atoms with E-state index in [1.165, 1.54) is 6.21 Å². The van der Waals surface area contributed by atoms with E-state index in [0.29, 0.717) is 18.7 Å². The molecule has 2 amide bonds. The number of hydrogen-bond acceptors (Lipinski definition) is 4. The van der Waals surface area contributed by atoms with Crippen LogP contribution in [0.1, 0.15) is 25.0 Å². The van der Waals surface area contributed by atoms with Crippen molar-refractivity contribution in [3.8, 4) is 5.75 Å². The molecule has 0 fully saturated rings. The van der Waals surface area contributed by atoms with Gasteiger partial charge in [-0.1, -0.05) is 60.7 Å². The second-order valence-corrected chi connectivity index (χ2v) is 7.06. The summed E-state index contributed by atoms with van der Waals surface area (Å²) >= 11 is 0. The minimum absolute atomic E-state index is 0.0108. The molecule has 0 aliphatic carbocycles. The van der Waals surface area contributed by atoms with Crippen LogP contribution in [0.5, 0.6) is 5.75 Å². The number of rotatable bonds is 7. The summed E-state index contributed by atoms with van der Waals surface area (Å²) in [5, 5.41) is 8.55. The molecule has 30 heavy (non-hydrogen) atoms. The number of nitrogens with one attached hydrogen (secondary N) is 2. The SMILES string of the molecule is CC(C)Oc1ccc2ccccc2c1/C=N\NC(=O)C(=O)NCCc1ccccc1. The number of carbonyl (C=O) groups excluding carboxylic acids is 2. The highest BCUT2D eigenvalue weighted by Gasteiger charge is 2.12. The molecule has 3 aromatic rings. The molecular formula is C24H25N3O3. The van der Waals surface area contributed by atoms with Crippen LogP contribution < -0.4 is 15.5 Å². The van der Waals surface area contributed by atoms with Gasteiger partial charge < -0.3 is 10.1 Å². The number of fused-ring (bicyclic) bond motifs is 1. The Labute approximate surface area is 175 Å². The molecule has 154 valence electrons. The number of ether oxygens (including phenoxy) is 1. The van der Waals surface area contributed by atoms with Crippen LogP contribution in [-0.4, -0.2) is 30.7 Å². The maximum absolute atomic E-state index is 12.0. The number of nitrogens with zero attached hydrogens (tertiary/aromatic N) is 1. The lowest BCUT2D eigenvalue weighted by Crippen LogP contribution is -2.38. The Bertz CT molecular complexity index is 1050. The number of benzene rings is 3. The lowest BCUT2D eigenvalue weighted by molar-refractivity contribution is -0.139. The Kier molecular flexibility index (Phi) is 7.16. The fraction of sp³-hybridized carbons (Fsp3) is 0.208. The molecule has 6 heteroatoms. The minimum atomic E-state index is -0.814. The first-order valence-electron chi connectivity index (χ1n) is 9.88. The van der Waals surface area contributed by atoms with Gasteiger partial charge in [-0.05, 0) is 42.7 Å². The molecule has 0 saturated carbocycles. The Morgan fingerprint density at radius 1 is 0.967 bits per heavy atom. The Morgan fingerprint density at radius 2 is 1.70 bits per heavy atom. The average molecular weight is 403 g/mol. The van der Waals surface area contributed by atoms with E-state index in [1.807, 2.05) is 80.6 Å². The monoisotopic (exact) mass is 403 g/mol. The van der Waals surface area contributed by atoms with E-state index in [9.17, 15) is 9.59 Å². The lowest BCUT2D eigenvalue weighted by atomic mass is 10.0. The van der Waals surface area contributed by atoms with Gasteiger partial charge in [-0.15, -0.1) is 0 Å². The van der Waals surface area contributed by atoms with Crippen molar-refractivity contribution in [3.63, 3.8) is 0 Å². The van der Waals surface area contributed by atoms with Crippen LogP contribution in [0.15, 0.2) is 71.8 Å². The van der Waals surface area contributed by atoms with Crippen molar-refractivity contribution in [2.75, 3.05) is 6.54 Å². The van der Waals surface area contributed by atoms with E-state index >= 15 is 0 Å². The molecule has 0 bridgehead atoms. The highest BCUT2D eigenvalue weighted by atomic mass is 16.5. The van der Waals surface area contributed by atoms with E-state index in [-0.39, 0.29) is 6.10 Å². The Hall–Kier alpha value is -3.67. The number of amides is 2. The van der Waals surface area contributed by atoms with Gasteiger partial charge in [-0.25, -0.2) is 5.43 Å². The molecule has 2 N–H and O–H groups in total. The van der Waals surface area contributed by atoms with E-state index in [0.717, 1.165) is 21.9 Å². The molecule has 3 rings (SSSR count). The largest absolute Gasteiger partial charge is 0.490 e. The quantitative estimate of drug-likeness (QED) is 0.360. The molecule has 0 heterocycles. The molecule has 0 unspecified atom stereocenters. The summed E-state index contributed by atoms with van der Waals surface area (Å²) in [6, 6.07) is 21.4. The summed E-state index contributed by atoms with van der Waals surface area (Å²) < 4.78 is 5.87. The highest BCUT2D eigenvalue weighted by Crippen LogP contribution is 2.27. The fourth-order valence-corrected chi connectivity index (χ4v) is 3.02. The summed E-state index contributed by atoms with van der Waals surface area (Å²) in [5.41, 5.74) is 4.12. The normalized spacial score (nSPS) is 11.0. The zero-order valence-electron chi connectivity index (χ0n) is 17.1. The number of carbonyl (C=O) groups is 2. The van der Waals surface area contributed by atoms with Crippen molar-refractivity contribution >= 4 is 28.8 Å². The van der Waals surface area contributed by atoms with Crippen molar-refractivity contribution in [1.29, 1.82) is 0 Å². The van der Waals surface area contributed by atoms with Crippen LogP contribution in [0.3, 0.4) is 0 Å². The first-order chi connectivity index (χ1) is 14.5. The molecule has 0 radical (unpaired) electrons. The Balaban J connectivity index is 1.63. The summed E-state index contributed by atoms with van der Waals surface area (Å²) in [7, 11) is 0. The smallest absolute Gasteiger partial charge is 0.329 e. The third-order valence-corrected chi connectivity index (χ3v) is 4.40. The third kappa shape index (κ3) is 5.67. The second kappa shape index (κ2) is 10.2. The second-order valence-electron chi connectivity index (χ2n) is 7.06. The summed E-state index contributed by atoms with van der Waals surface area (Å²) in [6.45, 7) is 4.25. The molecule has 0 aromatic heterocycles. The molecule has 0 aliphatic rings. The topological polar surface area (TPSA) is 79.8 Å². The molecule has 0 atom stereocenters. The molecule has 0 saturated heterocycles. The molecule has 3 aromatic carbocycles. The van der Waals surface area contributed by atoms with Crippen molar-refractivity contribution in [3.05, 3.63) is 77.9 Å². The first kappa shape index (κ1) is 21.0. The zero-order chi connectivity index (χ0) is 21.3. The van der Waals surface area contributed by atoms with Gasteiger partial charge in [0, 0.05) is 12.1 Å². The Morgan fingerprint density at radius 3 is 2.47 bits per heavy atom. The van der Waals surface area contributed by atoms with Crippen molar-refractivity contribution in [1.82, 2.24) is 10.7 Å². The van der Waals surface area contributed by atoms with Crippen molar-refractivity contribution in [2.45, 2.75) is 26.4 Å². The predicted molar refractivity (Wildman–Crippen MR) is 119 cm³/mol. The highest BCUT2D eigenvalue weighted by molar-refractivity contribution is 6.35. The van der Waals surface area contributed by atoms with Gasteiger partial charge >= 0.3 is 11.8 Å². The summed E-state index contributed by atoms with van der Waals surface area (Å²) in [5.74, 6) is -0.875. The van der Waals surface area contributed by atoms with E-state index in [1.54, 1.807) is 0 Å². The lowest BCUT2D eigenvalue weighted by Gasteiger charge is -2.14. The van der Waals surface area contributed by atoms with Gasteiger partial charge in [0.05, 0.1) is 12.3 Å². The molecule has 0 spiro atoms. The summed E-state index contributed by atoms with van der Waals surface area (Å²) in [4.78, 5) is 24.0. The van der Waals surface area contributed by atoms with Gasteiger partial charge in [0.1, 0.15) is 5.75 Å². The average Bonchev–Trinajstić information content (AvgIpc) is 2.75. The molecule has 0 aliphatic heterocycles. The van der Waals surface area contributed by atoms with Crippen LogP contribution in [-0.2, 0) is 16.0 Å². The maximum atomic E-state index is 12.0. The van der Waals surface area contributed by atoms with Crippen LogP contribution in [0.4, 0.5) is 0 Å². The van der Waals surface area contributed by atoms with Crippen LogP contribution >= 0.6 is 0 Å². The van der Waals surface area contributed by atoms with Crippen LogP contribution in [0, 0.1) is 0 Å². The van der Waals surface area contributed by atoms with Crippen LogP contribution in [0.25, 0.3) is 10.8 Å². The van der Waals surface area contributed by atoms with Gasteiger partial charge in [0.15, 0.2) is 0 Å². The van der Waals surface area contributed by atoms with Gasteiger partial charge in [-0.2, -0.15) is 5.10 Å².